The first-order valence-corrected chi connectivity index (χ1v) is 46.8. The van der Waals surface area contributed by atoms with Gasteiger partial charge in [-0.2, -0.15) is 0 Å². The minimum atomic E-state index is -4.97. The molecular formula is C85H166O17P2. The van der Waals surface area contributed by atoms with Crippen molar-refractivity contribution in [3.63, 3.8) is 0 Å². The molecule has 0 saturated carbocycles. The van der Waals surface area contributed by atoms with Crippen molar-refractivity contribution < 1.29 is 80.2 Å². The van der Waals surface area contributed by atoms with Crippen LogP contribution in [0.25, 0.3) is 0 Å². The van der Waals surface area contributed by atoms with Crippen LogP contribution in [0, 0.1) is 17.8 Å². The summed E-state index contributed by atoms with van der Waals surface area (Å²) in [7, 11) is -9.93. The van der Waals surface area contributed by atoms with Crippen LogP contribution in [0.1, 0.15) is 447 Å². The number of esters is 4. The van der Waals surface area contributed by atoms with E-state index in [1.54, 1.807) is 0 Å². The molecule has 19 heteroatoms. The molecule has 0 bridgehead atoms. The van der Waals surface area contributed by atoms with Crippen LogP contribution >= 0.6 is 15.6 Å². The minimum absolute atomic E-state index is 0.107. The summed E-state index contributed by atoms with van der Waals surface area (Å²) in [5, 5.41) is 10.7. The third kappa shape index (κ3) is 78.2. The summed E-state index contributed by atoms with van der Waals surface area (Å²) >= 11 is 0. The van der Waals surface area contributed by atoms with Gasteiger partial charge < -0.3 is 33.8 Å². The Morgan fingerprint density at radius 3 is 0.654 bits per heavy atom. The molecule has 3 N–H and O–H groups in total. The first-order chi connectivity index (χ1) is 50.2. The van der Waals surface area contributed by atoms with Gasteiger partial charge in [0.15, 0.2) is 12.2 Å². The summed E-state index contributed by atoms with van der Waals surface area (Å²) in [6, 6.07) is 0. The van der Waals surface area contributed by atoms with Crippen molar-refractivity contribution in [1.29, 1.82) is 0 Å². The minimum Gasteiger partial charge on any atom is -0.462 e. The number of carbonyl (C=O) groups excluding carboxylic acids is 4. The van der Waals surface area contributed by atoms with Crippen molar-refractivity contribution in [3.8, 4) is 0 Å². The molecule has 0 aliphatic heterocycles. The van der Waals surface area contributed by atoms with E-state index in [4.69, 9.17) is 37.0 Å². The van der Waals surface area contributed by atoms with E-state index < -0.39 is 97.5 Å². The Balaban J connectivity index is 5.24. The Labute approximate surface area is 638 Å². The van der Waals surface area contributed by atoms with Gasteiger partial charge in [-0.25, -0.2) is 9.13 Å². The molecule has 0 aliphatic rings. The van der Waals surface area contributed by atoms with E-state index >= 15 is 0 Å². The number of aliphatic hydroxyl groups is 1. The highest BCUT2D eigenvalue weighted by Gasteiger charge is 2.30. The zero-order valence-corrected chi connectivity index (χ0v) is 70.3. The van der Waals surface area contributed by atoms with Crippen molar-refractivity contribution in [2.45, 2.75) is 465 Å². The largest absolute Gasteiger partial charge is 0.472 e. The standard InChI is InChI=1S/C85H166O17P2/c1-8-9-10-11-12-13-14-15-16-17-18-19-20-21-22-27-33-38-47-54-61-68-84(89)101-80(72-95-82(87)66-59-52-45-37-32-28-23-25-30-35-42-49-56-63-76(2)3)74-99-103(91,92)97-70-79(86)71-98-104(93,94)100-75-81(73-96-83(88)67-60-53-46-41-40-44-51-58-65-78(6)7)102-85(90)69-62-55-48-39-34-29-24-26-31-36-43-50-57-64-77(4)5/h76-81,86H,8-75H2,1-7H3,(H,91,92)(H,93,94)/t79-,80-,81-/m1/s1. The third-order valence-electron chi connectivity index (χ3n) is 19.9. The predicted molar refractivity (Wildman–Crippen MR) is 428 cm³/mol. The second-order valence-corrected chi connectivity index (χ2v) is 34.9. The number of rotatable bonds is 83. The Kier molecular flexibility index (Phi) is 73.7. The van der Waals surface area contributed by atoms with E-state index in [-0.39, 0.29) is 25.7 Å². The van der Waals surface area contributed by atoms with Crippen LogP contribution in [-0.4, -0.2) is 96.7 Å². The van der Waals surface area contributed by atoms with E-state index in [0.29, 0.717) is 25.7 Å². The van der Waals surface area contributed by atoms with Crippen molar-refractivity contribution >= 4 is 39.5 Å². The first-order valence-electron chi connectivity index (χ1n) is 43.8. The monoisotopic (exact) mass is 1520 g/mol. The third-order valence-corrected chi connectivity index (χ3v) is 21.8. The molecule has 2 unspecified atom stereocenters. The second-order valence-electron chi connectivity index (χ2n) is 32.0. The van der Waals surface area contributed by atoms with Gasteiger partial charge in [-0.3, -0.25) is 37.3 Å². The highest BCUT2D eigenvalue weighted by atomic mass is 31.2. The molecular weight excluding hydrogens is 1350 g/mol. The van der Waals surface area contributed by atoms with Crippen LogP contribution in [-0.2, 0) is 65.4 Å². The number of aliphatic hydroxyl groups excluding tert-OH is 1. The molecule has 0 aromatic carbocycles. The van der Waals surface area contributed by atoms with E-state index in [2.05, 4.69) is 48.5 Å². The molecule has 0 aliphatic carbocycles. The van der Waals surface area contributed by atoms with Crippen molar-refractivity contribution in [3.05, 3.63) is 0 Å². The van der Waals surface area contributed by atoms with Crippen LogP contribution in [0.3, 0.4) is 0 Å². The molecule has 17 nitrogen and oxygen atoms in total. The van der Waals surface area contributed by atoms with Gasteiger partial charge in [0.05, 0.1) is 26.4 Å². The average molecular weight is 1520 g/mol. The molecule has 618 valence electrons. The normalized spacial score (nSPS) is 13.9. The van der Waals surface area contributed by atoms with Crippen LogP contribution in [0.5, 0.6) is 0 Å². The Bertz CT molecular complexity index is 2010. The lowest BCUT2D eigenvalue weighted by atomic mass is 10.0. The SMILES string of the molecule is CCCCCCCCCCCCCCCCCCCCCCCC(=O)O[C@H](COC(=O)CCCCCCCCCCCCCCCC(C)C)COP(=O)(O)OC[C@@H](O)COP(=O)(O)OC[C@@H](COC(=O)CCCCCCCCCCC(C)C)OC(=O)CCCCCCCCCCCCCCCC(C)C. The number of hydrogen-bond donors (Lipinski definition) is 3. The topological polar surface area (TPSA) is 237 Å². The van der Waals surface area contributed by atoms with Crippen LogP contribution < -0.4 is 0 Å². The van der Waals surface area contributed by atoms with Gasteiger partial charge in [0.25, 0.3) is 0 Å². The summed E-state index contributed by atoms with van der Waals surface area (Å²) in [5.41, 5.74) is 0. The highest BCUT2D eigenvalue weighted by molar-refractivity contribution is 7.47. The Hall–Kier alpha value is -1.94. The molecule has 0 aromatic rings. The molecule has 0 fully saturated rings. The van der Waals surface area contributed by atoms with E-state index in [1.807, 2.05) is 0 Å². The number of carbonyl (C=O) groups is 4. The van der Waals surface area contributed by atoms with Crippen molar-refractivity contribution in [1.82, 2.24) is 0 Å². The lowest BCUT2D eigenvalue weighted by Gasteiger charge is -2.21. The lowest BCUT2D eigenvalue weighted by molar-refractivity contribution is -0.161. The molecule has 0 spiro atoms. The van der Waals surface area contributed by atoms with Crippen molar-refractivity contribution in [2.75, 3.05) is 39.6 Å². The number of phosphoric ester groups is 2. The molecule has 5 atom stereocenters. The van der Waals surface area contributed by atoms with E-state index in [1.165, 1.54) is 257 Å². The fraction of sp³-hybridized carbons (Fsp3) is 0.953. The predicted octanol–water partition coefficient (Wildman–Crippen LogP) is 25.7. The maximum absolute atomic E-state index is 13.1. The molecule has 0 rings (SSSR count). The fourth-order valence-corrected chi connectivity index (χ4v) is 14.8. The highest BCUT2D eigenvalue weighted by Crippen LogP contribution is 2.45. The summed E-state index contributed by atoms with van der Waals surface area (Å²) in [6.07, 6.45) is 65.3. The van der Waals surface area contributed by atoms with E-state index in [0.717, 1.165) is 108 Å². The smallest absolute Gasteiger partial charge is 0.462 e. The number of hydrogen-bond acceptors (Lipinski definition) is 15. The van der Waals surface area contributed by atoms with Gasteiger partial charge in [0, 0.05) is 25.7 Å². The molecule has 0 saturated heterocycles. The Morgan fingerprint density at radius 1 is 0.260 bits per heavy atom. The molecule has 104 heavy (non-hydrogen) atoms. The van der Waals surface area contributed by atoms with Crippen LogP contribution in [0.4, 0.5) is 0 Å². The molecule has 0 amide bonds. The first kappa shape index (κ1) is 102. The quantitative estimate of drug-likeness (QED) is 0.0222. The Morgan fingerprint density at radius 2 is 0.442 bits per heavy atom. The summed E-state index contributed by atoms with van der Waals surface area (Å²) in [6.45, 7) is 12.0. The molecule has 0 aromatic heterocycles. The number of ether oxygens (including phenoxy) is 4. The van der Waals surface area contributed by atoms with Gasteiger partial charge >= 0.3 is 39.5 Å². The molecule has 0 radical (unpaired) electrons. The van der Waals surface area contributed by atoms with Crippen LogP contribution in [0.15, 0.2) is 0 Å². The van der Waals surface area contributed by atoms with Crippen molar-refractivity contribution in [2.24, 2.45) is 17.8 Å². The summed E-state index contributed by atoms with van der Waals surface area (Å²) in [5.74, 6) is 0.197. The lowest BCUT2D eigenvalue weighted by Crippen LogP contribution is -2.30. The van der Waals surface area contributed by atoms with Crippen LogP contribution in [0.2, 0.25) is 0 Å². The summed E-state index contributed by atoms with van der Waals surface area (Å²) in [4.78, 5) is 73.2. The fourth-order valence-electron chi connectivity index (χ4n) is 13.2. The van der Waals surface area contributed by atoms with E-state index in [9.17, 15) is 43.2 Å². The number of phosphoric acid groups is 2. The maximum Gasteiger partial charge on any atom is 0.472 e. The number of unbranched alkanes of at least 4 members (excludes halogenated alkanes) is 51. The van der Waals surface area contributed by atoms with Gasteiger partial charge in [-0.05, 0) is 43.4 Å². The van der Waals surface area contributed by atoms with Gasteiger partial charge in [0.2, 0.25) is 0 Å². The van der Waals surface area contributed by atoms with Gasteiger partial charge in [0.1, 0.15) is 19.3 Å². The average Bonchev–Trinajstić information content (AvgIpc) is 0.906. The zero-order valence-electron chi connectivity index (χ0n) is 68.5. The van der Waals surface area contributed by atoms with Gasteiger partial charge in [-0.1, -0.05) is 395 Å². The summed E-state index contributed by atoms with van der Waals surface area (Å²) < 4.78 is 68.9. The second kappa shape index (κ2) is 75.1. The maximum atomic E-state index is 13.1. The van der Waals surface area contributed by atoms with Gasteiger partial charge in [-0.15, -0.1) is 0 Å². The zero-order chi connectivity index (χ0) is 76.5. The molecule has 0 heterocycles.